The molecule has 4 nitrogen and oxygen atoms in total. The van der Waals surface area contributed by atoms with E-state index in [0.717, 1.165) is 28.0 Å². The summed E-state index contributed by atoms with van der Waals surface area (Å²) in [5, 5.41) is 18.5. The highest BCUT2D eigenvalue weighted by Crippen LogP contribution is 2.27. The molecule has 0 fully saturated rings. The molecule has 0 spiro atoms. The van der Waals surface area contributed by atoms with E-state index < -0.39 is 0 Å². The quantitative estimate of drug-likeness (QED) is 0.642. The topological polar surface area (TPSA) is 54.5 Å². The molecule has 0 saturated heterocycles. The van der Waals surface area contributed by atoms with Crippen LogP contribution in [0, 0.1) is 11.3 Å². The van der Waals surface area contributed by atoms with Crippen LogP contribution in [0.25, 0.3) is 5.69 Å². The Balaban J connectivity index is 1.86. The maximum atomic E-state index is 8.88. The van der Waals surface area contributed by atoms with Gasteiger partial charge in [0.25, 0.3) is 0 Å². The van der Waals surface area contributed by atoms with Crippen LogP contribution in [0.15, 0.2) is 59.8 Å². The smallest absolute Gasteiger partial charge is 0.196 e. The van der Waals surface area contributed by atoms with Crippen molar-refractivity contribution >= 4 is 11.8 Å². The van der Waals surface area contributed by atoms with Crippen LogP contribution in [-0.4, -0.2) is 14.8 Å². The lowest BCUT2D eigenvalue weighted by Gasteiger charge is -2.12. The van der Waals surface area contributed by atoms with Crippen molar-refractivity contribution in [1.82, 2.24) is 14.8 Å². The Bertz CT molecular complexity index is 845. The zero-order chi connectivity index (χ0) is 16.9. The summed E-state index contributed by atoms with van der Waals surface area (Å²) >= 11 is 1.65. The van der Waals surface area contributed by atoms with Crippen LogP contribution in [0.5, 0.6) is 0 Å². The van der Waals surface area contributed by atoms with Crippen molar-refractivity contribution in [1.29, 1.82) is 5.26 Å². The van der Waals surface area contributed by atoms with Gasteiger partial charge in [-0.15, -0.1) is 10.2 Å². The fourth-order valence-electron chi connectivity index (χ4n) is 2.39. The minimum absolute atomic E-state index is 0.293. The van der Waals surface area contributed by atoms with Crippen LogP contribution in [0.4, 0.5) is 0 Å². The molecule has 1 heterocycles. The van der Waals surface area contributed by atoms with Gasteiger partial charge in [0.1, 0.15) is 5.82 Å². The number of para-hydroxylation sites is 1. The predicted molar refractivity (Wildman–Crippen MR) is 96.2 cm³/mol. The van der Waals surface area contributed by atoms with Crippen molar-refractivity contribution in [3.05, 3.63) is 71.5 Å². The molecular formula is C19H18N4S. The van der Waals surface area contributed by atoms with Crippen molar-refractivity contribution < 1.29 is 0 Å². The maximum absolute atomic E-state index is 8.88. The van der Waals surface area contributed by atoms with Gasteiger partial charge >= 0.3 is 0 Å². The Morgan fingerprint density at radius 2 is 1.75 bits per heavy atom. The molecule has 1 aromatic heterocycles. The average molecular weight is 334 g/mol. The number of nitriles is 1. The summed E-state index contributed by atoms with van der Waals surface area (Å²) < 4.78 is 2.12. The highest BCUT2D eigenvalue weighted by atomic mass is 32.2. The molecule has 5 heteroatoms. The molecule has 0 aliphatic heterocycles. The van der Waals surface area contributed by atoms with E-state index in [-0.39, 0.29) is 0 Å². The molecule has 0 bridgehead atoms. The number of thioether (sulfide) groups is 1. The van der Waals surface area contributed by atoms with Crippen LogP contribution in [0.3, 0.4) is 0 Å². The molecule has 0 atom stereocenters. The zero-order valence-electron chi connectivity index (χ0n) is 13.7. The number of rotatable bonds is 5. The van der Waals surface area contributed by atoms with E-state index in [1.165, 1.54) is 0 Å². The first kappa shape index (κ1) is 16.3. The zero-order valence-corrected chi connectivity index (χ0v) is 14.5. The normalized spacial score (nSPS) is 10.8. The van der Waals surface area contributed by atoms with Crippen LogP contribution in [-0.2, 0) is 5.75 Å². The number of benzene rings is 2. The Morgan fingerprint density at radius 1 is 1.04 bits per heavy atom. The molecule has 0 radical (unpaired) electrons. The van der Waals surface area contributed by atoms with Gasteiger partial charge in [-0.3, -0.25) is 4.57 Å². The first-order valence-corrected chi connectivity index (χ1v) is 8.80. The molecule has 24 heavy (non-hydrogen) atoms. The van der Waals surface area contributed by atoms with Crippen molar-refractivity contribution in [3.63, 3.8) is 0 Å². The van der Waals surface area contributed by atoms with E-state index in [9.17, 15) is 0 Å². The van der Waals surface area contributed by atoms with Gasteiger partial charge in [-0.2, -0.15) is 5.26 Å². The lowest BCUT2D eigenvalue weighted by atomic mass is 10.2. The van der Waals surface area contributed by atoms with Gasteiger partial charge in [0, 0.05) is 17.4 Å². The second-order valence-corrected chi connectivity index (χ2v) is 6.71. The molecule has 120 valence electrons. The van der Waals surface area contributed by atoms with E-state index in [0.29, 0.717) is 11.5 Å². The van der Waals surface area contributed by atoms with Crippen molar-refractivity contribution in [2.45, 2.75) is 30.7 Å². The van der Waals surface area contributed by atoms with E-state index in [1.54, 1.807) is 11.8 Å². The van der Waals surface area contributed by atoms with Crippen LogP contribution < -0.4 is 0 Å². The monoisotopic (exact) mass is 334 g/mol. The Kier molecular flexibility index (Phi) is 4.97. The minimum atomic E-state index is 0.293. The van der Waals surface area contributed by atoms with E-state index >= 15 is 0 Å². The first-order chi connectivity index (χ1) is 11.7. The predicted octanol–water partition coefficient (Wildman–Crippen LogP) is 4.55. The lowest BCUT2D eigenvalue weighted by molar-refractivity contribution is 0.732. The summed E-state index contributed by atoms with van der Waals surface area (Å²) in [7, 11) is 0. The van der Waals surface area contributed by atoms with Crippen LogP contribution in [0.1, 0.15) is 36.7 Å². The first-order valence-electron chi connectivity index (χ1n) is 7.81. The van der Waals surface area contributed by atoms with Gasteiger partial charge in [0.15, 0.2) is 5.16 Å². The highest BCUT2D eigenvalue weighted by molar-refractivity contribution is 7.98. The lowest BCUT2D eigenvalue weighted by Crippen LogP contribution is -2.04. The Morgan fingerprint density at radius 3 is 2.38 bits per heavy atom. The third-order valence-corrected chi connectivity index (χ3v) is 4.64. The minimum Gasteiger partial charge on any atom is -0.274 e. The second kappa shape index (κ2) is 7.33. The molecule has 0 N–H and O–H groups in total. The summed E-state index contributed by atoms with van der Waals surface area (Å²) in [6, 6.07) is 20.0. The van der Waals surface area contributed by atoms with Gasteiger partial charge in [-0.05, 0) is 29.8 Å². The third-order valence-electron chi connectivity index (χ3n) is 3.64. The summed E-state index contributed by atoms with van der Waals surface area (Å²) in [5.74, 6) is 2.04. The number of hydrogen-bond donors (Lipinski definition) is 0. The standard InChI is InChI=1S/C19H18N4S/c1-14(2)18-21-22-19(23(18)17-6-4-3-5-7-17)24-13-16-10-8-15(12-20)9-11-16/h3-11,14H,13H2,1-2H3. The molecule has 3 aromatic rings. The Labute approximate surface area is 146 Å². The molecular weight excluding hydrogens is 316 g/mol. The Hall–Kier alpha value is -2.58. The molecule has 0 aliphatic carbocycles. The van der Waals surface area contributed by atoms with Gasteiger partial charge in [0.05, 0.1) is 11.6 Å². The van der Waals surface area contributed by atoms with Crippen molar-refractivity contribution in [2.24, 2.45) is 0 Å². The largest absolute Gasteiger partial charge is 0.274 e. The van der Waals surface area contributed by atoms with Gasteiger partial charge < -0.3 is 0 Å². The number of hydrogen-bond acceptors (Lipinski definition) is 4. The highest BCUT2D eigenvalue weighted by Gasteiger charge is 2.16. The average Bonchev–Trinajstić information content (AvgIpc) is 3.05. The summed E-state index contributed by atoms with van der Waals surface area (Å²) in [6.07, 6.45) is 0. The van der Waals surface area contributed by atoms with E-state index in [1.807, 2.05) is 42.5 Å². The summed E-state index contributed by atoms with van der Waals surface area (Å²) in [5.41, 5.74) is 2.92. The van der Waals surface area contributed by atoms with Crippen LogP contribution in [0.2, 0.25) is 0 Å². The van der Waals surface area contributed by atoms with E-state index in [2.05, 4.69) is 46.8 Å². The van der Waals surface area contributed by atoms with Crippen LogP contribution >= 0.6 is 11.8 Å². The van der Waals surface area contributed by atoms with Crippen molar-refractivity contribution in [3.8, 4) is 11.8 Å². The van der Waals surface area contributed by atoms with Gasteiger partial charge in [0.2, 0.25) is 0 Å². The van der Waals surface area contributed by atoms with E-state index in [4.69, 9.17) is 5.26 Å². The number of nitrogens with zero attached hydrogens (tertiary/aromatic N) is 4. The SMILES string of the molecule is CC(C)c1nnc(SCc2ccc(C#N)cc2)n1-c1ccccc1. The number of aromatic nitrogens is 3. The molecule has 0 saturated carbocycles. The summed E-state index contributed by atoms with van der Waals surface area (Å²) in [4.78, 5) is 0. The van der Waals surface area contributed by atoms with Gasteiger partial charge in [-0.1, -0.05) is 55.9 Å². The third kappa shape index (κ3) is 3.50. The molecule has 0 amide bonds. The van der Waals surface area contributed by atoms with Crippen molar-refractivity contribution in [2.75, 3.05) is 0 Å². The van der Waals surface area contributed by atoms with Gasteiger partial charge in [-0.25, -0.2) is 0 Å². The summed E-state index contributed by atoms with van der Waals surface area (Å²) in [6.45, 7) is 4.25. The molecule has 0 aliphatic rings. The fraction of sp³-hybridized carbons (Fsp3) is 0.211. The second-order valence-electron chi connectivity index (χ2n) is 5.76. The fourth-order valence-corrected chi connectivity index (χ4v) is 3.31. The molecule has 2 aromatic carbocycles. The molecule has 0 unspecified atom stereocenters. The maximum Gasteiger partial charge on any atom is 0.196 e. The molecule has 3 rings (SSSR count).